The van der Waals surface area contributed by atoms with Gasteiger partial charge in [0.15, 0.2) is 11.4 Å². The molecule has 2 aliphatic rings. The predicted molar refractivity (Wildman–Crippen MR) is 109 cm³/mol. The lowest BCUT2D eigenvalue weighted by Gasteiger charge is -2.38. The molecule has 0 saturated heterocycles. The molecule has 2 amide bonds. The maximum absolute atomic E-state index is 13.9. The number of fused-ring (bicyclic) bond motifs is 4. The number of alkyl halides is 2. The molecular formula is C22H18F5N3O5. The average molecular weight is 499 g/mol. The van der Waals surface area contributed by atoms with E-state index in [4.69, 9.17) is 0 Å². The van der Waals surface area contributed by atoms with E-state index < -0.39 is 88.6 Å². The average Bonchev–Trinajstić information content (AvgIpc) is 2.91. The smallest absolute Gasteiger partial charge is 0.345 e. The summed E-state index contributed by atoms with van der Waals surface area (Å²) in [5.74, 6) is -6.76. The Morgan fingerprint density at radius 3 is 2.49 bits per heavy atom. The number of rotatable bonds is 5. The summed E-state index contributed by atoms with van der Waals surface area (Å²) in [6, 6.07) is -0.790. The van der Waals surface area contributed by atoms with Gasteiger partial charge in [0.05, 0.1) is 6.04 Å². The quantitative estimate of drug-likeness (QED) is 0.487. The van der Waals surface area contributed by atoms with Crippen LogP contribution >= 0.6 is 0 Å². The van der Waals surface area contributed by atoms with Crippen molar-refractivity contribution in [2.45, 2.75) is 38.3 Å². The zero-order chi connectivity index (χ0) is 25.6. The van der Waals surface area contributed by atoms with Gasteiger partial charge in [0.2, 0.25) is 5.43 Å². The Balaban J connectivity index is 1.73. The Labute approximate surface area is 194 Å². The summed E-state index contributed by atoms with van der Waals surface area (Å²) in [6.45, 7) is -2.47. The second-order valence-corrected chi connectivity index (χ2v) is 8.02. The van der Waals surface area contributed by atoms with Crippen LogP contribution in [0.2, 0.25) is 0 Å². The second-order valence-electron chi connectivity index (χ2n) is 8.02. The van der Waals surface area contributed by atoms with E-state index in [1.165, 1.54) is 17.1 Å². The number of amides is 2. The van der Waals surface area contributed by atoms with Gasteiger partial charge in [0.25, 0.3) is 11.8 Å². The van der Waals surface area contributed by atoms with Gasteiger partial charge in [0, 0.05) is 43.0 Å². The molecule has 0 spiro atoms. The van der Waals surface area contributed by atoms with Gasteiger partial charge in [-0.15, -0.1) is 0 Å². The number of carbonyl (C=O) groups excluding carboxylic acids is 2. The minimum absolute atomic E-state index is 0.132. The van der Waals surface area contributed by atoms with Crippen LogP contribution in [0.5, 0.6) is 5.75 Å². The maximum atomic E-state index is 13.9. The van der Waals surface area contributed by atoms with E-state index in [9.17, 15) is 41.4 Å². The minimum Gasteiger partial charge on any atom is -0.503 e. The molecule has 1 aromatic carbocycles. The molecule has 3 heterocycles. The van der Waals surface area contributed by atoms with Gasteiger partial charge in [-0.3, -0.25) is 14.4 Å². The lowest BCUT2D eigenvalue weighted by atomic mass is 10.0. The normalized spacial score (nSPS) is 21.2. The van der Waals surface area contributed by atoms with Crippen molar-refractivity contribution < 1.29 is 41.4 Å². The van der Waals surface area contributed by atoms with Crippen molar-refractivity contribution >= 4 is 11.8 Å². The molecule has 0 aliphatic carbocycles. The highest BCUT2D eigenvalue weighted by atomic mass is 19.3. The van der Waals surface area contributed by atoms with E-state index in [-0.39, 0.29) is 6.54 Å². The number of ether oxygens (including phenoxy) is 1. The number of carbonyl (C=O) groups is 2. The van der Waals surface area contributed by atoms with Crippen LogP contribution in [0.25, 0.3) is 0 Å². The highest BCUT2D eigenvalue weighted by Crippen LogP contribution is 2.34. The number of hydrogen-bond donors (Lipinski definition) is 2. The molecule has 0 radical (unpaired) electrons. The van der Waals surface area contributed by atoms with Crippen molar-refractivity contribution in [3.05, 3.63) is 75.0 Å². The fourth-order valence-electron chi connectivity index (χ4n) is 4.14. The highest BCUT2D eigenvalue weighted by molar-refractivity contribution is 5.99. The van der Waals surface area contributed by atoms with Crippen LogP contribution in [0.3, 0.4) is 0 Å². The minimum atomic E-state index is -3.18. The third-order valence-corrected chi connectivity index (χ3v) is 5.90. The van der Waals surface area contributed by atoms with Crippen molar-refractivity contribution in [1.29, 1.82) is 0 Å². The number of hydrogen-bond acceptors (Lipinski definition) is 5. The van der Waals surface area contributed by atoms with Crippen molar-refractivity contribution in [2.75, 3.05) is 6.54 Å². The molecule has 3 atom stereocenters. The number of benzene rings is 1. The number of aromatic hydroxyl groups is 1. The zero-order valence-corrected chi connectivity index (χ0v) is 18.0. The Morgan fingerprint density at radius 1 is 1.20 bits per heavy atom. The van der Waals surface area contributed by atoms with Crippen LogP contribution in [0.15, 0.2) is 35.3 Å². The summed E-state index contributed by atoms with van der Waals surface area (Å²) >= 11 is 0. The van der Waals surface area contributed by atoms with Gasteiger partial charge in [-0.25, -0.2) is 13.2 Å². The lowest BCUT2D eigenvalue weighted by Crippen LogP contribution is -2.49. The molecule has 2 N–H and O–H groups in total. The first-order valence-corrected chi connectivity index (χ1v) is 10.3. The molecule has 13 heteroatoms. The fourth-order valence-corrected chi connectivity index (χ4v) is 4.14. The zero-order valence-electron chi connectivity index (χ0n) is 18.0. The summed E-state index contributed by atoms with van der Waals surface area (Å²) in [7, 11) is 0. The highest BCUT2D eigenvalue weighted by Gasteiger charge is 2.42. The number of nitrogens with zero attached hydrogens (tertiary/aromatic N) is 2. The standard InChI is InChI=1S/C22H18F5N3O5/c1-9-2-3-16(35-22(26)27)15-8-29(9)21(34)17-19(32)18(31)12(7-30(15)17)20(33)28-6-11-13(24)4-10(23)5-14(11)25/h2-5,7,9,15-16,22,32H,6,8H2,1H3,(H,28,33)/t9-,15+,16-/m0/s1. The third kappa shape index (κ3) is 4.38. The molecule has 0 saturated carbocycles. The van der Waals surface area contributed by atoms with Gasteiger partial charge >= 0.3 is 6.61 Å². The van der Waals surface area contributed by atoms with Crippen LogP contribution < -0.4 is 10.7 Å². The van der Waals surface area contributed by atoms with Crippen LogP contribution in [0, 0.1) is 17.5 Å². The van der Waals surface area contributed by atoms with E-state index >= 15 is 0 Å². The Morgan fingerprint density at radius 2 is 1.86 bits per heavy atom. The first-order valence-electron chi connectivity index (χ1n) is 10.3. The molecule has 2 aromatic rings. The predicted octanol–water partition coefficient (Wildman–Crippen LogP) is 2.46. The number of halogens is 5. The first-order chi connectivity index (χ1) is 16.5. The number of nitrogens with one attached hydrogen (secondary N) is 1. The van der Waals surface area contributed by atoms with Crippen molar-refractivity contribution in [3.8, 4) is 5.75 Å². The topological polar surface area (TPSA) is 101 Å². The maximum Gasteiger partial charge on any atom is 0.345 e. The monoisotopic (exact) mass is 499 g/mol. The van der Waals surface area contributed by atoms with E-state index in [0.717, 1.165) is 10.8 Å². The van der Waals surface area contributed by atoms with Gasteiger partial charge in [-0.1, -0.05) is 12.2 Å². The van der Waals surface area contributed by atoms with E-state index in [0.29, 0.717) is 12.1 Å². The summed E-state index contributed by atoms with van der Waals surface area (Å²) < 4.78 is 72.6. The second kappa shape index (κ2) is 9.13. The van der Waals surface area contributed by atoms with Crippen molar-refractivity contribution in [1.82, 2.24) is 14.8 Å². The molecule has 2 bridgehead atoms. The Kier molecular flexibility index (Phi) is 6.36. The summed E-state index contributed by atoms with van der Waals surface area (Å²) in [6.07, 6.45) is 2.40. The molecule has 8 nitrogen and oxygen atoms in total. The fraction of sp³-hybridized carbons (Fsp3) is 0.318. The molecular weight excluding hydrogens is 481 g/mol. The number of pyridine rings is 1. The third-order valence-electron chi connectivity index (χ3n) is 5.90. The van der Waals surface area contributed by atoms with E-state index in [1.54, 1.807) is 6.92 Å². The van der Waals surface area contributed by atoms with Gasteiger partial charge in [-0.05, 0) is 6.92 Å². The summed E-state index contributed by atoms with van der Waals surface area (Å²) in [5, 5.41) is 12.6. The molecule has 186 valence electrons. The molecule has 0 fully saturated rings. The van der Waals surface area contributed by atoms with E-state index in [2.05, 4.69) is 10.1 Å². The van der Waals surface area contributed by atoms with Crippen LogP contribution in [-0.2, 0) is 11.3 Å². The molecule has 4 rings (SSSR count). The summed E-state index contributed by atoms with van der Waals surface area (Å²) in [5.41, 5.74) is -3.17. The van der Waals surface area contributed by atoms with Gasteiger partial charge < -0.3 is 24.6 Å². The molecule has 2 aliphatic heterocycles. The van der Waals surface area contributed by atoms with Crippen molar-refractivity contribution in [3.63, 3.8) is 0 Å². The van der Waals surface area contributed by atoms with Gasteiger partial charge in [-0.2, -0.15) is 8.78 Å². The molecule has 1 aromatic heterocycles. The van der Waals surface area contributed by atoms with E-state index in [1.807, 2.05) is 0 Å². The van der Waals surface area contributed by atoms with Gasteiger partial charge in [0.1, 0.15) is 29.1 Å². The largest absolute Gasteiger partial charge is 0.503 e. The van der Waals surface area contributed by atoms with Crippen LogP contribution in [0.4, 0.5) is 22.0 Å². The summed E-state index contributed by atoms with van der Waals surface area (Å²) in [4.78, 5) is 39.6. The van der Waals surface area contributed by atoms with Crippen molar-refractivity contribution in [2.24, 2.45) is 0 Å². The Bertz CT molecular complexity index is 1270. The SMILES string of the molecule is C[C@H]1C=C[C@H](OC(F)F)[C@H]2CN1C(=O)c1c(O)c(=O)c(C(=O)NCc3c(F)cc(F)cc3F)cn12. The molecule has 0 unspecified atom stereocenters. The van der Waals surface area contributed by atoms with Crippen LogP contribution in [-0.4, -0.2) is 51.7 Å². The first kappa shape index (κ1) is 24.4. The lowest BCUT2D eigenvalue weighted by molar-refractivity contribution is -0.161. The Hall–Kier alpha value is -3.74. The van der Waals surface area contributed by atoms with Crippen LogP contribution in [0.1, 0.15) is 39.4 Å². The number of aromatic nitrogens is 1. The molecule has 35 heavy (non-hydrogen) atoms.